The van der Waals surface area contributed by atoms with Crippen molar-refractivity contribution in [1.82, 2.24) is 10.3 Å². The van der Waals surface area contributed by atoms with Gasteiger partial charge in [-0.2, -0.15) is 0 Å². The van der Waals surface area contributed by atoms with Crippen LogP contribution in [-0.2, 0) is 4.74 Å². The summed E-state index contributed by atoms with van der Waals surface area (Å²) in [5.41, 5.74) is 3.41. The van der Waals surface area contributed by atoms with Gasteiger partial charge in [0, 0.05) is 17.7 Å². The smallest absolute Gasteiger partial charge is 0.0769 e. The fraction of sp³-hybridized carbons (Fsp3) is 0.471. The monoisotopic (exact) mass is 270 g/mol. The average molecular weight is 270 g/mol. The largest absolute Gasteiger partial charge is 0.376 e. The number of hydrogen-bond donors (Lipinski definition) is 1. The third-order valence-corrected chi connectivity index (χ3v) is 4.11. The third kappa shape index (κ3) is 2.69. The van der Waals surface area contributed by atoms with Gasteiger partial charge in [-0.3, -0.25) is 4.98 Å². The summed E-state index contributed by atoms with van der Waals surface area (Å²) in [6.07, 6.45) is 3.87. The number of aromatic nitrogens is 1. The van der Waals surface area contributed by atoms with Crippen LogP contribution in [0.4, 0.5) is 0 Å². The van der Waals surface area contributed by atoms with Gasteiger partial charge in [-0.05, 0) is 57.0 Å². The zero-order valence-corrected chi connectivity index (χ0v) is 12.2. The van der Waals surface area contributed by atoms with Crippen molar-refractivity contribution in [3.63, 3.8) is 0 Å². The maximum atomic E-state index is 5.94. The van der Waals surface area contributed by atoms with E-state index < -0.39 is 0 Å². The summed E-state index contributed by atoms with van der Waals surface area (Å²) in [6.45, 7) is 2.91. The molecule has 1 saturated heterocycles. The van der Waals surface area contributed by atoms with E-state index in [9.17, 15) is 0 Å². The van der Waals surface area contributed by atoms with Crippen LogP contribution in [-0.4, -0.2) is 24.7 Å². The molecule has 2 atom stereocenters. The van der Waals surface area contributed by atoms with Gasteiger partial charge in [0.1, 0.15) is 0 Å². The lowest BCUT2D eigenvalue weighted by molar-refractivity contribution is -0.00659. The highest BCUT2D eigenvalue weighted by Crippen LogP contribution is 2.28. The highest BCUT2D eigenvalue weighted by Gasteiger charge is 2.24. The van der Waals surface area contributed by atoms with Crippen LogP contribution in [0.1, 0.15) is 36.6 Å². The first-order valence-corrected chi connectivity index (χ1v) is 7.44. The van der Waals surface area contributed by atoms with E-state index >= 15 is 0 Å². The fourth-order valence-corrected chi connectivity index (χ4v) is 3.04. The minimum absolute atomic E-state index is 0.265. The van der Waals surface area contributed by atoms with Gasteiger partial charge in [0.2, 0.25) is 0 Å². The molecule has 0 aliphatic carbocycles. The van der Waals surface area contributed by atoms with Gasteiger partial charge in [0.25, 0.3) is 0 Å². The quantitative estimate of drug-likeness (QED) is 0.928. The molecule has 1 N–H and O–H groups in total. The first-order valence-electron chi connectivity index (χ1n) is 7.44. The molecule has 1 aliphatic heterocycles. The minimum atomic E-state index is 0.265. The van der Waals surface area contributed by atoms with Crippen LogP contribution in [0.5, 0.6) is 0 Å². The Labute approximate surface area is 120 Å². The van der Waals surface area contributed by atoms with Crippen molar-refractivity contribution in [2.24, 2.45) is 0 Å². The summed E-state index contributed by atoms with van der Waals surface area (Å²) < 4.78 is 5.94. The number of fused-ring (bicyclic) bond motifs is 1. The second kappa shape index (κ2) is 5.90. The van der Waals surface area contributed by atoms with Crippen LogP contribution in [0.25, 0.3) is 10.9 Å². The van der Waals surface area contributed by atoms with Gasteiger partial charge < -0.3 is 10.1 Å². The molecule has 1 aromatic carbocycles. The summed E-state index contributed by atoms with van der Waals surface area (Å²) in [4.78, 5) is 4.56. The Morgan fingerprint density at radius 3 is 2.90 bits per heavy atom. The Kier molecular flexibility index (Phi) is 3.99. The number of rotatable bonds is 3. The maximum Gasteiger partial charge on any atom is 0.0769 e. The second-order valence-corrected chi connectivity index (χ2v) is 5.58. The van der Waals surface area contributed by atoms with E-state index in [4.69, 9.17) is 4.74 Å². The molecule has 2 unspecified atom stereocenters. The predicted octanol–water partition coefficient (Wildman–Crippen LogP) is 3.37. The van der Waals surface area contributed by atoms with Crippen LogP contribution in [0, 0.1) is 6.92 Å². The van der Waals surface area contributed by atoms with E-state index in [1.54, 1.807) is 0 Å². The highest BCUT2D eigenvalue weighted by atomic mass is 16.5. The standard InChI is InChI=1S/C17H22N2O/c1-12-6-7-13-11-14(8-9-15(13)19-12)17(18-2)16-5-3-4-10-20-16/h6-9,11,16-18H,3-5,10H2,1-2H3. The van der Waals surface area contributed by atoms with E-state index in [-0.39, 0.29) is 12.1 Å². The summed E-state index contributed by atoms with van der Waals surface area (Å²) in [7, 11) is 2.01. The molecule has 0 spiro atoms. The van der Waals surface area contributed by atoms with Crippen LogP contribution >= 0.6 is 0 Å². The highest BCUT2D eigenvalue weighted by molar-refractivity contribution is 5.79. The lowest BCUT2D eigenvalue weighted by atomic mass is 9.95. The lowest BCUT2D eigenvalue weighted by Crippen LogP contribution is -2.34. The topological polar surface area (TPSA) is 34.2 Å². The molecule has 2 aromatic rings. The lowest BCUT2D eigenvalue weighted by Gasteiger charge is -2.30. The van der Waals surface area contributed by atoms with Gasteiger partial charge in [-0.15, -0.1) is 0 Å². The van der Waals surface area contributed by atoms with Crippen molar-refractivity contribution in [2.75, 3.05) is 13.7 Å². The molecule has 1 aliphatic rings. The SMILES string of the molecule is CNC(c1ccc2nc(C)ccc2c1)C1CCCCO1. The Morgan fingerprint density at radius 2 is 2.15 bits per heavy atom. The minimum Gasteiger partial charge on any atom is -0.376 e. The number of nitrogens with zero attached hydrogens (tertiary/aromatic N) is 1. The molecule has 2 heterocycles. The van der Waals surface area contributed by atoms with Crippen molar-refractivity contribution >= 4 is 10.9 Å². The number of likely N-dealkylation sites (N-methyl/N-ethyl adjacent to an activating group) is 1. The van der Waals surface area contributed by atoms with Crippen LogP contribution in [0.3, 0.4) is 0 Å². The summed E-state index contributed by atoms with van der Waals surface area (Å²) in [5.74, 6) is 0. The maximum absolute atomic E-state index is 5.94. The van der Waals surface area contributed by atoms with Crippen molar-refractivity contribution in [3.8, 4) is 0 Å². The summed E-state index contributed by atoms with van der Waals surface area (Å²) >= 11 is 0. The van der Waals surface area contributed by atoms with Gasteiger partial charge in [-0.1, -0.05) is 12.1 Å². The van der Waals surface area contributed by atoms with Crippen molar-refractivity contribution in [2.45, 2.75) is 38.3 Å². The molecule has 1 aromatic heterocycles. The Morgan fingerprint density at radius 1 is 1.25 bits per heavy atom. The van der Waals surface area contributed by atoms with E-state index in [0.717, 1.165) is 24.2 Å². The molecule has 20 heavy (non-hydrogen) atoms. The third-order valence-electron chi connectivity index (χ3n) is 4.11. The van der Waals surface area contributed by atoms with Crippen LogP contribution in [0.2, 0.25) is 0 Å². The van der Waals surface area contributed by atoms with E-state index in [1.807, 2.05) is 14.0 Å². The molecule has 0 radical (unpaired) electrons. The Hall–Kier alpha value is -1.45. The fourth-order valence-electron chi connectivity index (χ4n) is 3.04. The van der Waals surface area contributed by atoms with Crippen LogP contribution < -0.4 is 5.32 Å². The number of benzene rings is 1. The van der Waals surface area contributed by atoms with Crippen molar-refractivity contribution < 1.29 is 4.74 Å². The number of hydrogen-bond acceptors (Lipinski definition) is 3. The first kappa shape index (κ1) is 13.5. The molecule has 3 rings (SSSR count). The molecule has 1 fully saturated rings. The molecule has 0 bridgehead atoms. The molecular formula is C17H22N2O. The molecular weight excluding hydrogens is 248 g/mol. The van der Waals surface area contributed by atoms with E-state index in [0.29, 0.717) is 0 Å². The molecule has 3 nitrogen and oxygen atoms in total. The zero-order chi connectivity index (χ0) is 13.9. The van der Waals surface area contributed by atoms with E-state index in [2.05, 4.69) is 40.6 Å². The average Bonchev–Trinajstić information content (AvgIpc) is 2.49. The number of ether oxygens (including phenoxy) is 1. The van der Waals surface area contributed by atoms with Crippen molar-refractivity contribution in [1.29, 1.82) is 0 Å². The van der Waals surface area contributed by atoms with Crippen molar-refractivity contribution in [3.05, 3.63) is 41.6 Å². The number of nitrogens with one attached hydrogen (secondary N) is 1. The summed E-state index contributed by atoms with van der Waals surface area (Å²) in [5, 5.41) is 4.62. The molecule has 106 valence electrons. The molecule has 3 heteroatoms. The van der Waals surface area contributed by atoms with Gasteiger partial charge >= 0.3 is 0 Å². The number of aryl methyl sites for hydroxylation is 1. The van der Waals surface area contributed by atoms with Gasteiger partial charge in [-0.25, -0.2) is 0 Å². The van der Waals surface area contributed by atoms with Gasteiger partial charge in [0.05, 0.1) is 17.7 Å². The predicted molar refractivity (Wildman–Crippen MR) is 81.9 cm³/mol. The molecule has 0 amide bonds. The summed E-state index contributed by atoms with van der Waals surface area (Å²) in [6, 6.07) is 11.0. The van der Waals surface area contributed by atoms with E-state index in [1.165, 1.54) is 23.8 Å². The second-order valence-electron chi connectivity index (χ2n) is 5.58. The Bertz CT molecular complexity index is 591. The first-order chi connectivity index (χ1) is 9.78. The Balaban J connectivity index is 1.92. The number of pyridine rings is 1. The normalized spacial score (nSPS) is 21.0. The van der Waals surface area contributed by atoms with Gasteiger partial charge in [0.15, 0.2) is 0 Å². The molecule has 0 saturated carbocycles. The van der Waals surface area contributed by atoms with Crippen LogP contribution in [0.15, 0.2) is 30.3 Å². The zero-order valence-electron chi connectivity index (χ0n) is 12.2.